The smallest absolute Gasteiger partial charge is 0.337 e. The topological polar surface area (TPSA) is 69.0 Å². The predicted octanol–water partition coefficient (Wildman–Crippen LogP) is 3.87. The molecule has 138 valence electrons. The molecular formula is C20H16ClNO5. The molecule has 1 fully saturated rings. The van der Waals surface area contributed by atoms with Gasteiger partial charge in [0, 0.05) is 11.4 Å². The number of benzene rings is 2. The fourth-order valence-corrected chi connectivity index (χ4v) is 3.35. The Morgan fingerprint density at radius 2 is 1.93 bits per heavy atom. The van der Waals surface area contributed by atoms with Crippen molar-refractivity contribution in [2.24, 2.45) is 0 Å². The van der Waals surface area contributed by atoms with E-state index in [2.05, 4.69) is 0 Å². The molecule has 3 aromatic rings. The summed E-state index contributed by atoms with van der Waals surface area (Å²) in [4.78, 5) is 30.8. The van der Waals surface area contributed by atoms with Gasteiger partial charge < -0.3 is 9.15 Å². The molecule has 1 aliphatic heterocycles. The van der Waals surface area contributed by atoms with Crippen molar-refractivity contribution in [3.63, 3.8) is 0 Å². The van der Waals surface area contributed by atoms with Crippen LogP contribution in [0.15, 0.2) is 64.0 Å². The molecule has 2 aromatic carbocycles. The largest absolute Gasteiger partial charge is 0.467 e. The van der Waals surface area contributed by atoms with Crippen molar-refractivity contribution >= 4 is 34.2 Å². The van der Waals surface area contributed by atoms with Gasteiger partial charge in [-0.25, -0.2) is 9.86 Å². The number of hydrogen-bond donors (Lipinski definition) is 0. The summed E-state index contributed by atoms with van der Waals surface area (Å²) in [6, 6.07) is 13.5. The van der Waals surface area contributed by atoms with Crippen LogP contribution in [0.5, 0.6) is 0 Å². The summed E-state index contributed by atoms with van der Waals surface area (Å²) in [6.07, 6.45) is 0.876. The number of ether oxygens (including phenoxy) is 1. The van der Waals surface area contributed by atoms with Crippen LogP contribution in [0.4, 0.5) is 5.69 Å². The average Bonchev–Trinajstić information content (AvgIpc) is 3.13. The summed E-state index contributed by atoms with van der Waals surface area (Å²) in [5.74, 6) is -0.498. The maximum absolute atomic E-state index is 13.0. The summed E-state index contributed by atoms with van der Waals surface area (Å²) >= 11 is 5.97. The highest BCUT2D eigenvalue weighted by Gasteiger charge is 2.41. The van der Waals surface area contributed by atoms with Gasteiger partial charge in [0.25, 0.3) is 0 Å². The quantitative estimate of drug-likeness (QED) is 0.637. The van der Waals surface area contributed by atoms with Gasteiger partial charge in [-0.1, -0.05) is 23.7 Å². The summed E-state index contributed by atoms with van der Waals surface area (Å²) < 4.78 is 10.5. The molecule has 0 aliphatic carbocycles. The molecule has 0 N–H and O–H groups in total. The number of halogens is 1. The van der Waals surface area contributed by atoms with Crippen molar-refractivity contribution in [2.45, 2.75) is 18.6 Å². The van der Waals surface area contributed by atoms with E-state index in [4.69, 9.17) is 25.6 Å². The minimum atomic E-state index is -0.818. The van der Waals surface area contributed by atoms with Crippen molar-refractivity contribution in [2.75, 3.05) is 12.2 Å². The summed E-state index contributed by atoms with van der Waals surface area (Å²) in [6.45, 7) is 0. The van der Waals surface area contributed by atoms with Gasteiger partial charge in [0.2, 0.25) is 0 Å². The molecule has 6 nitrogen and oxygen atoms in total. The molecule has 27 heavy (non-hydrogen) atoms. The van der Waals surface area contributed by atoms with Crippen molar-refractivity contribution in [1.29, 1.82) is 0 Å². The standard InChI is InChI=1S/C20H16ClNO5/c1-25-20(24)18-10-16(22(27-18)13-8-6-12(21)7-9-13)15-11-26-17-5-3-2-4-14(17)19(15)23/h2-9,11,16,18H,10H2,1H3. The molecule has 2 unspecified atom stereocenters. The lowest BCUT2D eigenvalue weighted by atomic mass is 10.0. The Bertz CT molecular complexity index is 1050. The fourth-order valence-electron chi connectivity index (χ4n) is 3.23. The van der Waals surface area contributed by atoms with Crippen LogP contribution in [-0.4, -0.2) is 19.2 Å². The van der Waals surface area contributed by atoms with E-state index < -0.39 is 18.1 Å². The second-order valence-electron chi connectivity index (χ2n) is 6.19. The summed E-state index contributed by atoms with van der Waals surface area (Å²) in [5, 5.41) is 2.59. The number of carbonyl (C=O) groups excluding carboxylic acids is 1. The van der Waals surface area contributed by atoms with E-state index in [0.717, 1.165) is 0 Å². The first-order valence-electron chi connectivity index (χ1n) is 8.38. The van der Waals surface area contributed by atoms with Crippen LogP contribution < -0.4 is 10.5 Å². The predicted molar refractivity (Wildman–Crippen MR) is 101 cm³/mol. The van der Waals surface area contributed by atoms with E-state index in [1.807, 2.05) is 0 Å². The Kier molecular flexibility index (Phi) is 4.59. The number of hydroxylamine groups is 1. The minimum Gasteiger partial charge on any atom is -0.467 e. The van der Waals surface area contributed by atoms with Crippen LogP contribution in [0.1, 0.15) is 18.0 Å². The molecule has 0 bridgehead atoms. The lowest BCUT2D eigenvalue weighted by molar-refractivity contribution is -0.151. The highest BCUT2D eigenvalue weighted by atomic mass is 35.5. The van der Waals surface area contributed by atoms with Gasteiger partial charge in [-0.2, -0.15) is 0 Å². The SMILES string of the molecule is COC(=O)C1CC(c2coc3ccccc3c2=O)N(c2ccc(Cl)cc2)O1. The van der Waals surface area contributed by atoms with Gasteiger partial charge >= 0.3 is 5.97 Å². The maximum Gasteiger partial charge on any atom is 0.337 e. The Labute approximate surface area is 159 Å². The normalized spacial score (nSPS) is 19.4. The molecule has 0 saturated carbocycles. The van der Waals surface area contributed by atoms with Gasteiger partial charge in [0.05, 0.1) is 29.8 Å². The van der Waals surface area contributed by atoms with E-state index in [1.54, 1.807) is 53.6 Å². The highest BCUT2D eigenvalue weighted by Crippen LogP contribution is 2.38. The van der Waals surface area contributed by atoms with Gasteiger partial charge in [-0.15, -0.1) is 0 Å². The number of para-hydroxylation sites is 1. The van der Waals surface area contributed by atoms with Crippen molar-refractivity contribution in [3.8, 4) is 0 Å². The summed E-state index contributed by atoms with van der Waals surface area (Å²) in [7, 11) is 1.30. The zero-order valence-corrected chi connectivity index (χ0v) is 15.2. The number of esters is 1. The molecule has 2 atom stereocenters. The van der Waals surface area contributed by atoms with E-state index >= 15 is 0 Å². The lowest BCUT2D eigenvalue weighted by Crippen LogP contribution is -2.27. The second-order valence-corrected chi connectivity index (χ2v) is 6.62. The molecule has 2 heterocycles. The zero-order chi connectivity index (χ0) is 19.0. The highest BCUT2D eigenvalue weighted by molar-refractivity contribution is 6.30. The number of rotatable bonds is 3. The monoisotopic (exact) mass is 385 g/mol. The second kappa shape index (κ2) is 7.06. The van der Waals surface area contributed by atoms with Crippen LogP contribution in [0.25, 0.3) is 11.0 Å². The third-order valence-corrected chi connectivity index (χ3v) is 4.82. The molecule has 4 rings (SSSR count). The van der Waals surface area contributed by atoms with Crippen molar-refractivity contribution in [3.05, 3.63) is 75.6 Å². The zero-order valence-electron chi connectivity index (χ0n) is 14.4. The third-order valence-electron chi connectivity index (χ3n) is 4.57. The lowest BCUT2D eigenvalue weighted by Gasteiger charge is -2.24. The molecular weight excluding hydrogens is 370 g/mol. The third kappa shape index (κ3) is 3.18. The van der Waals surface area contributed by atoms with Crippen molar-refractivity contribution < 1.29 is 18.8 Å². The van der Waals surface area contributed by atoms with Crippen LogP contribution in [0.2, 0.25) is 5.02 Å². The van der Waals surface area contributed by atoms with Crippen LogP contribution in [0.3, 0.4) is 0 Å². The molecule has 7 heteroatoms. The van der Waals surface area contributed by atoms with E-state index in [-0.39, 0.29) is 11.8 Å². The molecule has 1 saturated heterocycles. The molecule has 0 amide bonds. The molecule has 1 aromatic heterocycles. The number of hydrogen-bond acceptors (Lipinski definition) is 6. The van der Waals surface area contributed by atoms with E-state index in [9.17, 15) is 9.59 Å². The van der Waals surface area contributed by atoms with Gasteiger partial charge in [-0.05, 0) is 36.4 Å². The van der Waals surface area contributed by atoms with E-state index in [1.165, 1.54) is 13.4 Å². The first-order chi connectivity index (χ1) is 13.1. The Morgan fingerprint density at radius 1 is 1.19 bits per heavy atom. The van der Waals surface area contributed by atoms with E-state index in [0.29, 0.717) is 27.2 Å². The van der Waals surface area contributed by atoms with Gasteiger partial charge in [-0.3, -0.25) is 9.63 Å². The number of carbonyl (C=O) groups is 1. The Hall–Kier alpha value is -2.83. The number of fused-ring (bicyclic) bond motifs is 1. The van der Waals surface area contributed by atoms with Crippen molar-refractivity contribution in [1.82, 2.24) is 0 Å². The van der Waals surface area contributed by atoms with Crippen LogP contribution in [-0.2, 0) is 14.4 Å². The van der Waals surface area contributed by atoms with Gasteiger partial charge in [0.1, 0.15) is 11.8 Å². The number of methoxy groups -OCH3 is 1. The first-order valence-corrected chi connectivity index (χ1v) is 8.76. The number of nitrogens with zero attached hydrogens (tertiary/aromatic N) is 1. The number of anilines is 1. The first kappa shape index (κ1) is 17.6. The average molecular weight is 386 g/mol. The minimum absolute atomic E-state index is 0.157. The van der Waals surface area contributed by atoms with Crippen LogP contribution >= 0.6 is 11.6 Å². The Balaban J connectivity index is 1.80. The Morgan fingerprint density at radius 3 is 2.67 bits per heavy atom. The van der Waals surface area contributed by atoms with Gasteiger partial charge in [0.15, 0.2) is 11.5 Å². The summed E-state index contributed by atoms with van der Waals surface area (Å²) in [5.41, 5.74) is 1.43. The molecule has 0 radical (unpaired) electrons. The molecule has 1 aliphatic rings. The molecule has 0 spiro atoms. The maximum atomic E-state index is 13.0. The van der Waals surface area contributed by atoms with Crippen LogP contribution in [0, 0.1) is 0 Å². The fraction of sp³-hybridized carbons (Fsp3) is 0.200.